The highest BCUT2D eigenvalue weighted by Crippen LogP contribution is 2.13. The first kappa shape index (κ1) is 19.9. The smallest absolute Gasteiger partial charge is 0.330 e. The van der Waals surface area contributed by atoms with E-state index in [4.69, 9.17) is 9.47 Å². The summed E-state index contributed by atoms with van der Waals surface area (Å²) in [7, 11) is 3.24. The molecule has 1 aromatic heterocycles. The van der Waals surface area contributed by atoms with Gasteiger partial charge in [0.2, 0.25) is 5.91 Å². The Morgan fingerprint density at radius 1 is 1.31 bits per heavy atom. The maximum absolute atomic E-state index is 11.9. The van der Waals surface area contributed by atoms with Gasteiger partial charge in [-0.1, -0.05) is 0 Å². The molecule has 0 radical (unpaired) electrons. The van der Waals surface area contributed by atoms with Crippen LogP contribution in [0, 0.1) is 6.92 Å². The maximum Gasteiger partial charge on any atom is 0.330 e. The molecule has 2 N–H and O–H groups in total. The monoisotopic (exact) mass is 368 g/mol. The van der Waals surface area contributed by atoms with Crippen LogP contribution in [0.5, 0.6) is 0 Å². The largest absolute Gasteiger partial charge is 0.463 e. The molecule has 1 aromatic rings. The molecule has 1 aliphatic rings. The molecule has 10 heteroatoms. The molecule has 10 nitrogen and oxygen atoms in total. The number of esters is 1. The number of aromatic amines is 1. The van der Waals surface area contributed by atoms with Crippen LogP contribution in [-0.4, -0.2) is 66.2 Å². The van der Waals surface area contributed by atoms with Gasteiger partial charge in [0.15, 0.2) is 6.23 Å². The summed E-state index contributed by atoms with van der Waals surface area (Å²) >= 11 is 0. The first-order valence-corrected chi connectivity index (χ1v) is 8.32. The van der Waals surface area contributed by atoms with Crippen molar-refractivity contribution in [1.82, 2.24) is 19.8 Å². The molecule has 144 valence electrons. The number of morpholine rings is 1. The average Bonchev–Trinajstić information content (AvgIpc) is 2.61. The van der Waals surface area contributed by atoms with Gasteiger partial charge in [-0.2, -0.15) is 0 Å². The maximum atomic E-state index is 11.9. The average molecular weight is 368 g/mol. The molecule has 1 amide bonds. The first-order valence-electron chi connectivity index (χ1n) is 8.32. The number of aromatic nitrogens is 2. The molecule has 0 bridgehead atoms. The number of amides is 1. The highest BCUT2D eigenvalue weighted by atomic mass is 16.6. The second-order valence-electron chi connectivity index (χ2n) is 6.32. The lowest BCUT2D eigenvalue weighted by molar-refractivity contribution is -0.155. The van der Waals surface area contributed by atoms with Gasteiger partial charge in [-0.25, -0.2) is 4.79 Å². The third kappa shape index (κ3) is 5.27. The van der Waals surface area contributed by atoms with E-state index in [1.54, 1.807) is 21.0 Å². The fourth-order valence-electron chi connectivity index (χ4n) is 2.44. The van der Waals surface area contributed by atoms with Crippen LogP contribution < -0.4 is 16.6 Å². The van der Waals surface area contributed by atoms with Gasteiger partial charge >= 0.3 is 11.7 Å². The topological polar surface area (TPSA) is 123 Å². The number of aryl methyl sites for hydroxylation is 1. The van der Waals surface area contributed by atoms with E-state index < -0.39 is 29.6 Å². The van der Waals surface area contributed by atoms with E-state index in [0.29, 0.717) is 18.7 Å². The minimum atomic E-state index is -0.620. The van der Waals surface area contributed by atoms with Gasteiger partial charge < -0.3 is 19.7 Å². The normalized spacial score (nSPS) is 19.8. The molecule has 2 rings (SSSR count). The molecule has 0 unspecified atom stereocenters. The van der Waals surface area contributed by atoms with E-state index in [9.17, 15) is 19.2 Å². The fourth-order valence-corrected chi connectivity index (χ4v) is 2.44. The van der Waals surface area contributed by atoms with Gasteiger partial charge in [0, 0.05) is 45.4 Å². The molecule has 1 saturated heterocycles. The number of carbonyl (C=O) groups is 2. The summed E-state index contributed by atoms with van der Waals surface area (Å²) in [6.07, 6.45) is 0.463. The predicted octanol–water partition coefficient (Wildman–Crippen LogP) is -1.26. The molecule has 1 aliphatic heterocycles. The van der Waals surface area contributed by atoms with E-state index in [1.165, 1.54) is 15.7 Å². The number of hydrogen-bond donors (Lipinski definition) is 2. The van der Waals surface area contributed by atoms with Crippen LogP contribution in [0.2, 0.25) is 0 Å². The summed E-state index contributed by atoms with van der Waals surface area (Å²) in [5, 5.41) is 3.10. The van der Waals surface area contributed by atoms with Gasteiger partial charge in [-0.15, -0.1) is 0 Å². The van der Waals surface area contributed by atoms with Crippen molar-refractivity contribution in [3.05, 3.63) is 32.6 Å². The number of hydrogen-bond acceptors (Lipinski definition) is 7. The zero-order valence-electron chi connectivity index (χ0n) is 15.1. The zero-order chi connectivity index (χ0) is 19.3. The Balaban J connectivity index is 1.88. The zero-order valence-corrected chi connectivity index (χ0v) is 15.1. The number of ether oxygens (including phenoxy) is 2. The van der Waals surface area contributed by atoms with E-state index in [2.05, 4.69) is 10.3 Å². The molecule has 2 atom stereocenters. The first-order chi connectivity index (χ1) is 12.3. The lowest BCUT2D eigenvalue weighted by atomic mass is 10.3. The molecule has 2 heterocycles. The summed E-state index contributed by atoms with van der Waals surface area (Å²) in [4.78, 5) is 50.2. The Bertz CT molecular complexity index is 769. The minimum absolute atomic E-state index is 0.000828. The van der Waals surface area contributed by atoms with Crippen LogP contribution in [0.15, 0.2) is 15.8 Å². The minimum Gasteiger partial charge on any atom is -0.463 e. The number of H-pyrrole nitrogens is 1. The van der Waals surface area contributed by atoms with Crippen molar-refractivity contribution in [2.24, 2.45) is 0 Å². The summed E-state index contributed by atoms with van der Waals surface area (Å²) in [5.74, 6) is -0.631. The van der Waals surface area contributed by atoms with Crippen molar-refractivity contribution in [2.45, 2.75) is 32.1 Å². The van der Waals surface area contributed by atoms with E-state index in [0.717, 1.165) is 0 Å². The van der Waals surface area contributed by atoms with Gasteiger partial charge in [0.1, 0.15) is 12.7 Å². The third-order valence-electron chi connectivity index (χ3n) is 3.97. The number of rotatable bonds is 6. The Morgan fingerprint density at radius 2 is 2.04 bits per heavy atom. The van der Waals surface area contributed by atoms with E-state index >= 15 is 0 Å². The molecule has 0 saturated carbocycles. The van der Waals surface area contributed by atoms with Gasteiger partial charge in [0.05, 0.1) is 6.42 Å². The number of nitrogens with zero attached hydrogens (tertiary/aromatic N) is 2. The molecular formula is C16H24N4O6. The second-order valence-corrected chi connectivity index (χ2v) is 6.32. The van der Waals surface area contributed by atoms with Crippen molar-refractivity contribution in [1.29, 1.82) is 0 Å². The van der Waals surface area contributed by atoms with Crippen molar-refractivity contribution in [3.8, 4) is 0 Å². The predicted molar refractivity (Wildman–Crippen MR) is 91.7 cm³/mol. The molecule has 0 aliphatic carbocycles. The SMILES string of the molecule is Cc1cn([C@H]2CNC[C@@H](COC(=O)CCC(=O)N(C)C)O2)c(=O)[nH]c1=O. The van der Waals surface area contributed by atoms with Crippen LogP contribution in [0.1, 0.15) is 24.6 Å². The van der Waals surface area contributed by atoms with Crippen LogP contribution in [-0.2, 0) is 19.1 Å². The van der Waals surface area contributed by atoms with Gasteiger partial charge in [0.25, 0.3) is 5.56 Å². The second kappa shape index (κ2) is 8.77. The molecule has 26 heavy (non-hydrogen) atoms. The van der Waals surface area contributed by atoms with Gasteiger partial charge in [-0.05, 0) is 6.92 Å². The molecule has 1 fully saturated rings. The van der Waals surface area contributed by atoms with Crippen molar-refractivity contribution >= 4 is 11.9 Å². The van der Waals surface area contributed by atoms with Crippen LogP contribution >= 0.6 is 0 Å². The summed E-state index contributed by atoms with van der Waals surface area (Å²) < 4.78 is 12.2. The quantitative estimate of drug-likeness (QED) is 0.601. The van der Waals surface area contributed by atoms with E-state index in [1.807, 2.05) is 0 Å². The third-order valence-corrected chi connectivity index (χ3v) is 3.97. The molecule has 0 spiro atoms. The number of nitrogens with one attached hydrogen (secondary N) is 2. The van der Waals surface area contributed by atoms with Gasteiger partial charge in [-0.3, -0.25) is 23.9 Å². The summed E-state index contributed by atoms with van der Waals surface area (Å²) in [6.45, 7) is 2.44. The highest BCUT2D eigenvalue weighted by Gasteiger charge is 2.25. The Hall–Kier alpha value is -2.46. The lowest BCUT2D eigenvalue weighted by Gasteiger charge is -2.31. The van der Waals surface area contributed by atoms with Crippen molar-refractivity contribution in [3.63, 3.8) is 0 Å². The molecule has 0 aromatic carbocycles. The Labute approximate surface area is 150 Å². The fraction of sp³-hybridized carbons (Fsp3) is 0.625. The number of carbonyl (C=O) groups excluding carboxylic acids is 2. The lowest BCUT2D eigenvalue weighted by Crippen LogP contribution is -2.48. The Morgan fingerprint density at radius 3 is 2.73 bits per heavy atom. The summed E-state index contributed by atoms with van der Waals surface area (Å²) in [5.41, 5.74) is -0.604. The highest BCUT2D eigenvalue weighted by molar-refractivity contribution is 5.80. The van der Waals surface area contributed by atoms with Crippen molar-refractivity contribution in [2.75, 3.05) is 33.8 Å². The van der Waals surface area contributed by atoms with Crippen LogP contribution in [0.25, 0.3) is 0 Å². The van der Waals surface area contributed by atoms with Crippen molar-refractivity contribution < 1.29 is 19.1 Å². The van der Waals surface area contributed by atoms with Crippen LogP contribution in [0.3, 0.4) is 0 Å². The van der Waals surface area contributed by atoms with E-state index in [-0.39, 0.29) is 25.4 Å². The standard InChI is InChI=1S/C16H24N4O6/c1-10-8-20(16(24)18-15(10)23)13-7-17-6-11(26-13)9-25-14(22)5-4-12(21)19(2)3/h8,11,13,17H,4-7,9H2,1-3H3,(H,18,23,24)/t11-,13+/m0/s1. The molecular weight excluding hydrogens is 344 g/mol. The Kier molecular flexibility index (Phi) is 6.70. The van der Waals surface area contributed by atoms with Crippen LogP contribution in [0.4, 0.5) is 0 Å². The summed E-state index contributed by atoms with van der Waals surface area (Å²) in [6, 6.07) is 0.